The van der Waals surface area contributed by atoms with Gasteiger partial charge in [-0.25, -0.2) is 0 Å². The Bertz CT molecular complexity index is 904. The Morgan fingerprint density at radius 3 is 2.79 bits per heavy atom. The lowest BCUT2D eigenvalue weighted by Crippen LogP contribution is -2.30. The first-order valence-corrected chi connectivity index (χ1v) is 11.1. The Kier molecular flexibility index (Phi) is 5.96. The number of nitrogens with zero attached hydrogens (tertiary/aromatic N) is 1. The first-order valence-electron chi connectivity index (χ1n) is 10.6. The highest BCUT2D eigenvalue weighted by atomic mass is 32.2. The largest absolute Gasteiger partial charge is 0.367 e. The van der Waals surface area contributed by atoms with Crippen LogP contribution in [-0.2, 0) is 17.8 Å². The number of rotatable bonds is 5. The van der Waals surface area contributed by atoms with Crippen molar-refractivity contribution in [1.29, 1.82) is 0 Å². The molecule has 3 rings (SSSR count). The lowest BCUT2D eigenvalue weighted by Gasteiger charge is -2.32. The number of hydrogen-bond acceptors (Lipinski definition) is 3. The summed E-state index contributed by atoms with van der Waals surface area (Å²) < 4.78 is 7.83. The topological polar surface area (TPSA) is 32.3 Å². The number of carbonyl (C=O) groups is 1. The second kappa shape index (κ2) is 8.60. The van der Waals surface area contributed by atoms with E-state index in [1.54, 1.807) is 11.8 Å². The lowest BCUT2D eigenvalue weighted by molar-refractivity contribution is -0.117. The Morgan fingerprint density at radius 1 is 1.29 bits per heavy atom. The standard InChI is InChI=1S/C24H32N2OS/c1-6-28-21-14-20(26-12-11-18-9-7-8-10-19(18)16-26)13-17(2)23(21)25-22(27)15-24(3,4)5/h7-10,13-14H,6,11-12,15-16H2,1-5H3,(H,25,27)/i7D. The summed E-state index contributed by atoms with van der Waals surface area (Å²) in [7, 11) is 0. The predicted octanol–water partition coefficient (Wildman–Crippen LogP) is 6.04. The Morgan fingerprint density at radius 2 is 2.07 bits per heavy atom. The van der Waals surface area contributed by atoms with Crippen molar-refractivity contribution < 1.29 is 6.17 Å². The van der Waals surface area contributed by atoms with E-state index >= 15 is 0 Å². The van der Waals surface area contributed by atoms with E-state index in [-0.39, 0.29) is 11.3 Å². The zero-order valence-electron chi connectivity index (χ0n) is 18.7. The first-order chi connectivity index (χ1) is 13.7. The highest BCUT2D eigenvalue weighted by molar-refractivity contribution is 7.99. The zero-order chi connectivity index (χ0) is 21.2. The van der Waals surface area contributed by atoms with E-state index in [4.69, 9.17) is 1.37 Å². The highest BCUT2D eigenvalue weighted by Crippen LogP contribution is 2.36. The van der Waals surface area contributed by atoms with E-state index in [1.165, 1.54) is 16.8 Å². The maximum Gasteiger partial charge on any atom is 0.224 e. The van der Waals surface area contributed by atoms with Crippen molar-refractivity contribution in [2.45, 2.75) is 58.9 Å². The molecule has 1 aliphatic rings. The molecule has 0 radical (unpaired) electrons. The Balaban J connectivity index is 1.86. The molecule has 0 unspecified atom stereocenters. The highest BCUT2D eigenvalue weighted by Gasteiger charge is 2.21. The number of anilines is 2. The molecule has 0 spiro atoms. The molecule has 1 aliphatic heterocycles. The Labute approximate surface area is 175 Å². The summed E-state index contributed by atoms with van der Waals surface area (Å²) in [6.45, 7) is 12.3. The molecule has 0 saturated heterocycles. The molecule has 28 heavy (non-hydrogen) atoms. The van der Waals surface area contributed by atoms with Crippen molar-refractivity contribution in [3.05, 3.63) is 53.1 Å². The summed E-state index contributed by atoms with van der Waals surface area (Å²) in [5.74, 6) is 1.03. The van der Waals surface area contributed by atoms with Gasteiger partial charge >= 0.3 is 0 Å². The molecule has 0 bridgehead atoms. The van der Waals surface area contributed by atoms with Crippen molar-refractivity contribution in [2.24, 2.45) is 5.41 Å². The third-order valence-electron chi connectivity index (χ3n) is 4.97. The van der Waals surface area contributed by atoms with Crippen LogP contribution in [0.1, 0.15) is 52.2 Å². The maximum atomic E-state index is 12.5. The normalized spacial score (nSPS) is 14.5. The summed E-state index contributed by atoms with van der Waals surface area (Å²) in [5.41, 5.74) is 5.82. The molecule has 0 atom stereocenters. The van der Waals surface area contributed by atoms with Gasteiger partial charge in [0.15, 0.2) is 0 Å². The first kappa shape index (κ1) is 19.4. The molecule has 0 fully saturated rings. The summed E-state index contributed by atoms with van der Waals surface area (Å²) in [6, 6.07) is 10.9. The van der Waals surface area contributed by atoms with E-state index in [0.717, 1.165) is 41.4 Å². The van der Waals surface area contributed by atoms with Crippen LogP contribution in [-0.4, -0.2) is 18.2 Å². The summed E-state index contributed by atoms with van der Waals surface area (Å²) >= 11 is 1.78. The van der Waals surface area contributed by atoms with Gasteiger partial charge in [-0.1, -0.05) is 51.9 Å². The van der Waals surface area contributed by atoms with Gasteiger partial charge in [-0.3, -0.25) is 4.79 Å². The van der Waals surface area contributed by atoms with Crippen LogP contribution in [0.15, 0.2) is 41.3 Å². The number of amides is 1. The molecule has 2 aromatic rings. The summed E-state index contributed by atoms with van der Waals surface area (Å²) in [4.78, 5) is 16.1. The second-order valence-corrected chi connectivity index (χ2v) is 10.0. The predicted molar refractivity (Wildman–Crippen MR) is 121 cm³/mol. The molecule has 1 heterocycles. The zero-order valence-corrected chi connectivity index (χ0v) is 18.5. The van der Waals surface area contributed by atoms with E-state index < -0.39 is 0 Å². The average Bonchev–Trinajstić information content (AvgIpc) is 2.62. The van der Waals surface area contributed by atoms with Crippen LogP contribution in [0, 0.1) is 12.3 Å². The fourth-order valence-corrected chi connectivity index (χ4v) is 4.53. The van der Waals surface area contributed by atoms with Crippen LogP contribution in [0.4, 0.5) is 11.4 Å². The number of benzene rings is 2. The van der Waals surface area contributed by atoms with Gasteiger partial charge in [0.05, 0.1) is 7.06 Å². The number of hydrogen-bond donors (Lipinski definition) is 1. The molecule has 1 amide bonds. The lowest BCUT2D eigenvalue weighted by atomic mass is 9.92. The molecule has 1 N–H and O–H groups in total. The molecular weight excluding hydrogens is 364 g/mol. The average molecular weight is 398 g/mol. The molecule has 2 aromatic carbocycles. The molecular formula is C24H32N2OS. The van der Waals surface area contributed by atoms with Crippen LogP contribution >= 0.6 is 11.8 Å². The molecule has 0 aliphatic carbocycles. The van der Waals surface area contributed by atoms with E-state index in [0.29, 0.717) is 12.5 Å². The molecule has 0 aromatic heterocycles. The van der Waals surface area contributed by atoms with Gasteiger partial charge < -0.3 is 10.2 Å². The fraction of sp³-hybridized carbons (Fsp3) is 0.458. The van der Waals surface area contributed by atoms with E-state index in [1.807, 2.05) is 12.1 Å². The van der Waals surface area contributed by atoms with Gasteiger partial charge in [0.1, 0.15) is 0 Å². The summed E-state index contributed by atoms with van der Waals surface area (Å²) in [5, 5.41) is 3.17. The van der Waals surface area contributed by atoms with Crippen LogP contribution in [0.2, 0.25) is 0 Å². The van der Waals surface area contributed by atoms with Crippen LogP contribution in [0.3, 0.4) is 0 Å². The maximum absolute atomic E-state index is 12.5. The number of carbonyl (C=O) groups excluding carboxylic acids is 1. The smallest absolute Gasteiger partial charge is 0.224 e. The second-order valence-electron chi connectivity index (χ2n) is 8.72. The molecule has 4 heteroatoms. The minimum absolute atomic E-state index is 0.0316. The van der Waals surface area contributed by atoms with Crippen molar-refractivity contribution in [1.82, 2.24) is 0 Å². The molecule has 3 nitrogen and oxygen atoms in total. The third kappa shape index (κ3) is 5.11. The van der Waals surface area contributed by atoms with Gasteiger partial charge in [-0.05, 0) is 53.3 Å². The van der Waals surface area contributed by atoms with E-state index in [2.05, 4.69) is 63.0 Å². The number of aryl methyl sites for hydroxylation is 1. The van der Waals surface area contributed by atoms with Crippen molar-refractivity contribution in [3.8, 4) is 0 Å². The molecule has 150 valence electrons. The number of thioether (sulfide) groups is 1. The minimum Gasteiger partial charge on any atom is -0.367 e. The van der Waals surface area contributed by atoms with Crippen molar-refractivity contribution in [3.63, 3.8) is 0 Å². The van der Waals surface area contributed by atoms with Gasteiger partial charge in [0.25, 0.3) is 0 Å². The van der Waals surface area contributed by atoms with Crippen molar-refractivity contribution >= 4 is 29.0 Å². The van der Waals surface area contributed by atoms with Gasteiger partial charge in [0, 0.05) is 30.1 Å². The van der Waals surface area contributed by atoms with Crippen LogP contribution in [0.5, 0.6) is 0 Å². The van der Waals surface area contributed by atoms with Gasteiger partial charge in [0.2, 0.25) is 5.91 Å². The Hall–Kier alpha value is -1.94. The van der Waals surface area contributed by atoms with Crippen LogP contribution < -0.4 is 10.2 Å². The van der Waals surface area contributed by atoms with E-state index in [9.17, 15) is 4.79 Å². The molecule has 0 saturated carbocycles. The quantitative estimate of drug-likeness (QED) is 0.624. The van der Waals surface area contributed by atoms with Crippen LogP contribution in [0.25, 0.3) is 0 Å². The fourth-order valence-electron chi connectivity index (χ4n) is 3.66. The van der Waals surface area contributed by atoms with Gasteiger partial charge in [-0.2, -0.15) is 0 Å². The summed E-state index contributed by atoms with van der Waals surface area (Å²) in [6.07, 6.45) is 1.47. The number of fused-ring (bicyclic) bond motifs is 1. The minimum atomic E-state index is -0.0316. The third-order valence-corrected chi connectivity index (χ3v) is 5.89. The number of nitrogens with one attached hydrogen (secondary N) is 1. The monoisotopic (exact) mass is 397 g/mol. The van der Waals surface area contributed by atoms with Crippen molar-refractivity contribution in [2.75, 3.05) is 22.5 Å². The SMILES string of the molecule is [2H]c1ccc2c(c1)CCN(c1cc(C)c(NC(=O)CC(C)(C)C)c(SCC)c1)C2. The van der Waals surface area contributed by atoms with Gasteiger partial charge in [-0.15, -0.1) is 11.8 Å².